The molecule has 1 aromatic heterocycles. The molecular formula is C30H36N6O3. The first-order chi connectivity index (χ1) is 19.0. The Kier molecular flexibility index (Phi) is 6.90. The van der Waals surface area contributed by atoms with Gasteiger partial charge in [0.25, 0.3) is 0 Å². The molecule has 204 valence electrons. The third-order valence-corrected chi connectivity index (χ3v) is 8.95. The van der Waals surface area contributed by atoms with Crippen molar-refractivity contribution in [1.82, 2.24) is 19.8 Å². The summed E-state index contributed by atoms with van der Waals surface area (Å²) in [5, 5.41) is 9.48. The second-order valence-electron chi connectivity index (χ2n) is 11.2. The van der Waals surface area contributed by atoms with Crippen molar-refractivity contribution in [3.63, 3.8) is 0 Å². The number of amides is 1. The van der Waals surface area contributed by atoms with E-state index in [0.717, 1.165) is 50.0 Å². The van der Waals surface area contributed by atoms with Gasteiger partial charge in [0.05, 0.1) is 24.1 Å². The fourth-order valence-corrected chi connectivity index (χ4v) is 6.74. The maximum Gasteiger partial charge on any atom is 0.321 e. The molecule has 4 aliphatic rings. The number of hydrogen-bond donors (Lipinski definition) is 0. The summed E-state index contributed by atoms with van der Waals surface area (Å²) in [7, 11) is 2.13. The van der Waals surface area contributed by atoms with Gasteiger partial charge in [-0.1, -0.05) is 30.8 Å². The number of fused-ring (bicyclic) bond motifs is 3. The van der Waals surface area contributed by atoms with Crippen LogP contribution in [0.3, 0.4) is 0 Å². The average molecular weight is 529 g/mol. The first-order valence-corrected chi connectivity index (χ1v) is 14.1. The van der Waals surface area contributed by atoms with E-state index in [1.54, 1.807) is 4.90 Å². The molecular weight excluding hydrogens is 492 g/mol. The first-order valence-electron chi connectivity index (χ1n) is 14.1. The number of nitrogens with zero attached hydrogens (tertiary/aromatic N) is 6. The summed E-state index contributed by atoms with van der Waals surface area (Å²) in [6, 6.07) is 11.2. The number of rotatable bonds is 6. The molecule has 0 saturated carbocycles. The lowest BCUT2D eigenvalue weighted by molar-refractivity contribution is -0.128. The number of likely N-dealkylation sites (tertiary alicyclic amines) is 1. The fourth-order valence-electron chi connectivity index (χ4n) is 6.74. The zero-order valence-corrected chi connectivity index (χ0v) is 22.6. The van der Waals surface area contributed by atoms with Gasteiger partial charge in [-0.3, -0.25) is 4.79 Å². The fraction of sp³-hybridized carbons (Fsp3) is 0.533. The van der Waals surface area contributed by atoms with Crippen molar-refractivity contribution < 1.29 is 14.3 Å². The van der Waals surface area contributed by atoms with Crippen molar-refractivity contribution in [2.45, 2.75) is 62.6 Å². The summed E-state index contributed by atoms with van der Waals surface area (Å²) in [5.41, 5.74) is 3.21. The van der Waals surface area contributed by atoms with E-state index in [2.05, 4.69) is 53.8 Å². The summed E-state index contributed by atoms with van der Waals surface area (Å²) in [4.78, 5) is 28.5. The molecule has 4 heterocycles. The Morgan fingerprint density at radius 1 is 1.23 bits per heavy atom. The van der Waals surface area contributed by atoms with Crippen LogP contribution in [-0.2, 0) is 23.2 Å². The first kappa shape index (κ1) is 25.6. The van der Waals surface area contributed by atoms with E-state index in [1.807, 2.05) is 0 Å². The Hall–Kier alpha value is -3.64. The zero-order valence-electron chi connectivity index (χ0n) is 22.6. The standard InChI is InChI=1S/C30H36N6O3/c1-3-26(37)36-18-17-35(19-22(36)12-15-31)27-24-11-14-30(13-10-21-7-4-5-9-25(21)30)39-28(24)33-29(32-27)38-20-23-8-6-16-34(23)2/h3-5,7,9,22-23H,1,6,8,10-14,16-20H2,2H3/t22-,23-,30-/m0/s1. The van der Waals surface area contributed by atoms with Gasteiger partial charge >= 0.3 is 6.01 Å². The number of carbonyl (C=O) groups excluding carboxylic acids is 1. The third-order valence-electron chi connectivity index (χ3n) is 8.95. The molecule has 2 aromatic rings. The topological polar surface area (TPSA) is 94.8 Å². The highest BCUT2D eigenvalue weighted by Crippen LogP contribution is 2.49. The number of aryl methyl sites for hydroxylation is 1. The van der Waals surface area contributed by atoms with Crippen LogP contribution in [0.1, 0.15) is 48.8 Å². The summed E-state index contributed by atoms with van der Waals surface area (Å²) < 4.78 is 13.1. The highest BCUT2D eigenvalue weighted by molar-refractivity contribution is 5.87. The molecule has 3 atom stereocenters. The highest BCUT2D eigenvalue weighted by atomic mass is 16.5. The minimum Gasteiger partial charge on any atom is -0.466 e. The molecule has 9 heteroatoms. The summed E-state index contributed by atoms with van der Waals surface area (Å²) in [6.07, 6.45) is 7.41. The normalized spacial score (nSPS) is 26.1. The minimum absolute atomic E-state index is 0.144. The second-order valence-corrected chi connectivity index (χ2v) is 11.2. The van der Waals surface area contributed by atoms with E-state index in [9.17, 15) is 10.1 Å². The molecule has 0 N–H and O–H groups in total. The number of carbonyl (C=O) groups is 1. The molecule has 0 bridgehead atoms. The number of likely N-dealkylation sites (N-methyl/N-ethyl adjacent to an activating group) is 1. The van der Waals surface area contributed by atoms with E-state index in [4.69, 9.17) is 19.4 Å². The SMILES string of the molecule is C=CC(=O)N1CCN(c2nc(OC[C@@H]3CCCN3C)nc3c2CC[C@]2(CCc4ccccc42)O3)C[C@@H]1CC#N. The molecule has 1 amide bonds. The summed E-state index contributed by atoms with van der Waals surface area (Å²) in [5.74, 6) is 1.25. The van der Waals surface area contributed by atoms with Gasteiger partial charge in [-0.05, 0) is 69.3 Å². The maximum absolute atomic E-state index is 12.5. The maximum atomic E-state index is 12.5. The number of ether oxygens (including phenoxy) is 2. The second kappa shape index (κ2) is 10.5. The van der Waals surface area contributed by atoms with Crippen LogP contribution in [-0.4, -0.2) is 77.6 Å². The number of nitriles is 1. The molecule has 9 nitrogen and oxygen atoms in total. The number of benzene rings is 1. The molecule has 39 heavy (non-hydrogen) atoms. The van der Waals surface area contributed by atoms with Crippen LogP contribution in [0, 0.1) is 11.3 Å². The quantitative estimate of drug-likeness (QED) is 0.528. The van der Waals surface area contributed by atoms with Crippen molar-refractivity contribution in [1.29, 1.82) is 5.26 Å². The van der Waals surface area contributed by atoms with Crippen molar-refractivity contribution in [3.8, 4) is 18.0 Å². The van der Waals surface area contributed by atoms with Gasteiger partial charge in [0.1, 0.15) is 18.0 Å². The Labute approximate surface area is 230 Å². The predicted molar refractivity (Wildman–Crippen MR) is 147 cm³/mol. The van der Waals surface area contributed by atoms with Gasteiger partial charge in [0.2, 0.25) is 11.8 Å². The van der Waals surface area contributed by atoms with E-state index in [0.29, 0.717) is 44.2 Å². The Morgan fingerprint density at radius 3 is 2.87 bits per heavy atom. The van der Waals surface area contributed by atoms with Crippen LogP contribution < -0.4 is 14.4 Å². The molecule has 0 radical (unpaired) electrons. The van der Waals surface area contributed by atoms with Crippen molar-refractivity contribution in [3.05, 3.63) is 53.6 Å². The van der Waals surface area contributed by atoms with E-state index in [-0.39, 0.29) is 24.0 Å². The van der Waals surface area contributed by atoms with Crippen molar-refractivity contribution in [2.75, 3.05) is 44.7 Å². The third kappa shape index (κ3) is 4.71. The van der Waals surface area contributed by atoms with Gasteiger partial charge in [-0.2, -0.15) is 15.2 Å². The zero-order chi connectivity index (χ0) is 27.0. The lowest BCUT2D eigenvalue weighted by Gasteiger charge is -2.42. The Balaban J connectivity index is 1.33. The molecule has 2 fully saturated rings. The molecule has 3 aliphatic heterocycles. The van der Waals surface area contributed by atoms with Crippen LogP contribution in [0.5, 0.6) is 11.9 Å². The molecule has 2 saturated heterocycles. The number of piperazine rings is 1. The largest absolute Gasteiger partial charge is 0.466 e. The molecule has 1 aliphatic carbocycles. The monoisotopic (exact) mass is 528 g/mol. The summed E-state index contributed by atoms with van der Waals surface area (Å²) >= 11 is 0. The van der Waals surface area contributed by atoms with Crippen LogP contribution in [0.15, 0.2) is 36.9 Å². The lowest BCUT2D eigenvalue weighted by atomic mass is 9.87. The number of anilines is 1. The summed E-state index contributed by atoms with van der Waals surface area (Å²) in [6.45, 7) is 6.85. The van der Waals surface area contributed by atoms with Crippen molar-refractivity contribution >= 4 is 11.7 Å². The van der Waals surface area contributed by atoms with Gasteiger partial charge in [-0.15, -0.1) is 0 Å². The van der Waals surface area contributed by atoms with Crippen LogP contribution >= 0.6 is 0 Å². The van der Waals surface area contributed by atoms with E-state index < -0.39 is 0 Å². The van der Waals surface area contributed by atoms with Gasteiger partial charge in [-0.25, -0.2) is 0 Å². The molecule has 0 unspecified atom stereocenters. The van der Waals surface area contributed by atoms with Crippen LogP contribution in [0.4, 0.5) is 5.82 Å². The lowest BCUT2D eigenvalue weighted by Crippen LogP contribution is -2.55. The van der Waals surface area contributed by atoms with Gasteiger partial charge in [0, 0.05) is 25.7 Å². The Morgan fingerprint density at radius 2 is 2.08 bits per heavy atom. The Bertz CT molecular complexity index is 1310. The average Bonchev–Trinajstić information content (AvgIpc) is 3.54. The van der Waals surface area contributed by atoms with E-state index >= 15 is 0 Å². The smallest absolute Gasteiger partial charge is 0.321 e. The predicted octanol–water partition coefficient (Wildman–Crippen LogP) is 3.23. The van der Waals surface area contributed by atoms with E-state index in [1.165, 1.54) is 23.6 Å². The van der Waals surface area contributed by atoms with Gasteiger partial charge in [0.15, 0.2) is 0 Å². The van der Waals surface area contributed by atoms with Crippen molar-refractivity contribution in [2.24, 2.45) is 0 Å². The minimum atomic E-state index is -0.378. The van der Waals surface area contributed by atoms with Crippen LogP contribution in [0.25, 0.3) is 0 Å². The number of aromatic nitrogens is 2. The number of hydrogen-bond acceptors (Lipinski definition) is 8. The van der Waals surface area contributed by atoms with Crippen LogP contribution in [0.2, 0.25) is 0 Å². The molecule has 1 aromatic carbocycles. The highest BCUT2D eigenvalue weighted by Gasteiger charge is 2.45. The molecule has 1 spiro atoms. The molecule has 6 rings (SSSR count). The van der Waals surface area contributed by atoms with Gasteiger partial charge < -0.3 is 24.2 Å².